The molecule has 2 heterocycles. The van der Waals surface area contributed by atoms with E-state index in [1.54, 1.807) is 0 Å². The zero-order valence-corrected chi connectivity index (χ0v) is 13.2. The number of halogens is 1. The Labute approximate surface area is 128 Å². The van der Waals surface area contributed by atoms with Gasteiger partial charge < -0.3 is 10.6 Å². The van der Waals surface area contributed by atoms with Gasteiger partial charge in [-0.1, -0.05) is 34.1 Å². The van der Waals surface area contributed by atoms with E-state index in [1.807, 2.05) is 24.3 Å². The summed E-state index contributed by atoms with van der Waals surface area (Å²) in [6.07, 6.45) is 5.59. The SMILES string of the molecule is O=C(CC1CC2CCC(C1)N2)NCc1ccccc1Br. The minimum absolute atomic E-state index is 0.187. The van der Waals surface area contributed by atoms with E-state index in [-0.39, 0.29) is 5.91 Å². The molecule has 20 heavy (non-hydrogen) atoms. The zero-order valence-electron chi connectivity index (χ0n) is 11.6. The molecule has 2 fully saturated rings. The van der Waals surface area contributed by atoms with E-state index in [1.165, 1.54) is 25.7 Å². The second-order valence-electron chi connectivity index (χ2n) is 6.05. The summed E-state index contributed by atoms with van der Waals surface area (Å²) >= 11 is 3.51. The van der Waals surface area contributed by atoms with Crippen molar-refractivity contribution in [3.05, 3.63) is 34.3 Å². The summed E-state index contributed by atoms with van der Waals surface area (Å²) < 4.78 is 1.06. The van der Waals surface area contributed by atoms with Crippen LogP contribution >= 0.6 is 15.9 Å². The molecule has 1 amide bonds. The van der Waals surface area contributed by atoms with E-state index < -0.39 is 0 Å². The van der Waals surface area contributed by atoms with Crippen LogP contribution in [0.15, 0.2) is 28.7 Å². The molecule has 0 aromatic heterocycles. The van der Waals surface area contributed by atoms with Gasteiger partial charge in [-0.3, -0.25) is 4.79 Å². The van der Waals surface area contributed by atoms with Crippen LogP contribution in [0.3, 0.4) is 0 Å². The normalized spacial score (nSPS) is 28.4. The lowest BCUT2D eigenvalue weighted by atomic mass is 9.89. The lowest BCUT2D eigenvalue weighted by Gasteiger charge is -2.28. The molecule has 1 aromatic carbocycles. The number of rotatable bonds is 4. The van der Waals surface area contributed by atoms with E-state index in [4.69, 9.17) is 0 Å². The van der Waals surface area contributed by atoms with E-state index >= 15 is 0 Å². The first-order chi connectivity index (χ1) is 9.70. The zero-order chi connectivity index (χ0) is 13.9. The van der Waals surface area contributed by atoms with E-state index in [0.717, 1.165) is 10.0 Å². The maximum absolute atomic E-state index is 12.1. The summed E-state index contributed by atoms with van der Waals surface area (Å²) in [6, 6.07) is 9.35. The van der Waals surface area contributed by atoms with Gasteiger partial charge in [0, 0.05) is 29.5 Å². The first-order valence-corrected chi connectivity index (χ1v) is 8.26. The van der Waals surface area contributed by atoms with Gasteiger partial charge in [-0.25, -0.2) is 0 Å². The van der Waals surface area contributed by atoms with Gasteiger partial charge in [0.05, 0.1) is 0 Å². The molecule has 0 radical (unpaired) electrons. The predicted molar refractivity (Wildman–Crippen MR) is 83.3 cm³/mol. The van der Waals surface area contributed by atoms with E-state index in [2.05, 4.69) is 26.6 Å². The molecule has 2 aliphatic rings. The molecule has 2 unspecified atom stereocenters. The fourth-order valence-corrected chi connectivity index (χ4v) is 3.94. The first-order valence-electron chi connectivity index (χ1n) is 7.47. The summed E-state index contributed by atoms with van der Waals surface area (Å²) in [4.78, 5) is 12.1. The largest absolute Gasteiger partial charge is 0.352 e. The fourth-order valence-electron chi connectivity index (χ4n) is 3.51. The standard InChI is InChI=1S/C16H21BrN2O/c17-15-4-2-1-3-12(15)10-18-16(20)9-11-7-13-5-6-14(8-11)19-13/h1-4,11,13-14,19H,5-10H2,(H,18,20). The number of benzene rings is 1. The van der Waals surface area contributed by atoms with Crippen LogP contribution in [-0.4, -0.2) is 18.0 Å². The second-order valence-corrected chi connectivity index (χ2v) is 6.90. The average molecular weight is 337 g/mol. The van der Waals surface area contributed by atoms with Crippen molar-refractivity contribution in [1.82, 2.24) is 10.6 Å². The molecular weight excluding hydrogens is 316 g/mol. The highest BCUT2D eigenvalue weighted by atomic mass is 79.9. The van der Waals surface area contributed by atoms with Crippen LogP contribution in [0.1, 0.15) is 37.7 Å². The van der Waals surface area contributed by atoms with Crippen molar-refractivity contribution in [1.29, 1.82) is 0 Å². The summed E-state index contributed by atoms with van der Waals surface area (Å²) in [7, 11) is 0. The van der Waals surface area contributed by atoms with Crippen LogP contribution in [0.25, 0.3) is 0 Å². The average Bonchev–Trinajstić information content (AvgIpc) is 2.77. The second kappa shape index (κ2) is 6.27. The molecular formula is C16H21BrN2O. The van der Waals surface area contributed by atoms with Crippen LogP contribution in [0.2, 0.25) is 0 Å². The van der Waals surface area contributed by atoms with E-state index in [9.17, 15) is 4.79 Å². The minimum Gasteiger partial charge on any atom is -0.352 e. The highest BCUT2D eigenvalue weighted by Gasteiger charge is 2.34. The Morgan fingerprint density at radius 2 is 1.95 bits per heavy atom. The molecule has 2 N–H and O–H groups in total. The Balaban J connectivity index is 1.47. The summed E-state index contributed by atoms with van der Waals surface area (Å²) in [5, 5.41) is 6.67. The van der Waals surface area contributed by atoms with Crippen molar-refractivity contribution in [3.8, 4) is 0 Å². The Morgan fingerprint density at radius 3 is 2.65 bits per heavy atom. The third-order valence-electron chi connectivity index (χ3n) is 4.48. The number of hydrogen-bond donors (Lipinski definition) is 2. The third-order valence-corrected chi connectivity index (χ3v) is 5.25. The lowest BCUT2D eigenvalue weighted by molar-refractivity contribution is -0.122. The van der Waals surface area contributed by atoms with Gasteiger partial charge in [0.25, 0.3) is 0 Å². The molecule has 2 bridgehead atoms. The Morgan fingerprint density at radius 1 is 1.25 bits per heavy atom. The van der Waals surface area contributed by atoms with Gasteiger partial charge in [-0.15, -0.1) is 0 Å². The molecule has 2 aliphatic heterocycles. The number of nitrogens with one attached hydrogen (secondary N) is 2. The third kappa shape index (κ3) is 3.41. The quantitative estimate of drug-likeness (QED) is 0.887. The molecule has 0 spiro atoms. The number of piperidine rings is 1. The Bertz CT molecular complexity index is 479. The van der Waals surface area contributed by atoms with Crippen LogP contribution in [-0.2, 0) is 11.3 Å². The van der Waals surface area contributed by atoms with Crippen LogP contribution in [0.5, 0.6) is 0 Å². The van der Waals surface area contributed by atoms with Gasteiger partial charge in [0.2, 0.25) is 5.91 Å². The van der Waals surface area contributed by atoms with Gasteiger partial charge in [0.15, 0.2) is 0 Å². The van der Waals surface area contributed by atoms with Crippen molar-refractivity contribution in [3.63, 3.8) is 0 Å². The summed E-state index contributed by atoms with van der Waals surface area (Å²) in [5.74, 6) is 0.750. The summed E-state index contributed by atoms with van der Waals surface area (Å²) in [5.41, 5.74) is 1.13. The first kappa shape index (κ1) is 14.1. The van der Waals surface area contributed by atoms with Crippen LogP contribution < -0.4 is 10.6 Å². The van der Waals surface area contributed by atoms with Gasteiger partial charge in [0.1, 0.15) is 0 Å². The van der Waals surface area contributed by atoms with Crippen molar-refractivity contribution in [2.24, 2.45) is 5.92 Å². The summed E-state index contributed by atoms with van der Waals surface area (Å²) in [6.45, 7) is 0.609. The molecule has 108 valence electrons. The van der Waals surface area contributed by atoms with Crippen molar-refractivity contribution in [2.75, 3.05) is 0 Å². The van der Waals surface area contributed by atoms with Gasteiger partial charge in [-0.2, -0.15) is 0 Å². The van der Waals surface area contributed by atoms with Crippen molar-refractivity contribution in [2.45, 2.75) is 50.7 Å². The Kier molecular flexibility index (Phi) is 4.41. The highest BCUT2D eigenvalue weighted by molar-refractivity contribution is 9.10. The van der Waals surface area contributed by atoms with Gasteiger partial charge in [-0.05, 0) is 43.2 Å². The molecule has 4 heteroatoms. The smallest absolute Gasteiger partial charge is 0.220 e. The maximum atomic E-state index is 12.1. The lowest BCUT2D eigenvalue weighted by Crippen LogP contribution is -2.39. The Hall–Kier alpha value is -0.870. The monoisotopic (exact) mass is 336 g/mol. The maximum Gasteiger partial charge on any atom is 0.220 e. The molecule has 0 saturated carbocycles. The number of amides is 1. The molecule has 2 atom stereocenters. The van der Waals surface area contributed by atoms with Crippen molar-refractivity contribution < 1.29 is 4.79 Å². The molecule has 1 aromatic rings. The van der Waals surface area contributed by atoms with Crippen molar-refractivity contribution >= 4 is 21.8 Å². The van der Waals surface area contributed by atoms with Crippen LogP contribution in [0.4, 0.5) is 0 Å². The van der Waals surface area contributed by atoms with E-state index in [0.29, 0.717) is 31.0 Å². The molecule has 3 nitrogen and oxygen atoms in total. The van der Waals surface area contributed by atoms with Gasteiger partial charge >= 0.3 is 0 Å². The number of carbonyl (C=O) groups is 1. The van der Waals surface area contributed by atoms with Crippen LogP contribution in [0, 0.1) is 5.92 Å². The molecule has 0 aliphatic carbocycles. The number of hydrogen-bond acceptors (Lipinski definition) is 2. The molecule has 2 saturated heterocycles. The number of carbonyl (C=O) groups excluding carboxylic acids is 1. The topological polar surface area (TPSA) is 41.1 Å². The fraction of sp³-hybridized carbons (Fsp3) is 0.562. The number of fused-ring (bicyclic) bond motifs is 2. The highest BCUT2D eigenvalue weighted by Crippen LogP contribution is 2.32. The molecule has 3 rings (SSSR count). The predicted octanol–water partition coefficient (Wildman–Crippen LogP) is 2.99. The minimum atomic E-state index is 0.187.